The summed E-state index contributed by atoms with van der Waals surface area (Å²) >= 11 is 5.99. The van der Waals surface area contributed by atoms with Gasteiger partial charge in [0.05, 0.1) is 5.69 Å². The second-order valence-electron chi connectivity index (χ2n) is 3.07. The molecule has 0 N–H and O–H groups in total. The number of rotatable bonds is 1. The third kappa shape index (κ3) is 1.37. The van der Waals surface area contributed by atoms with Crippen LogP contribution in [0.15, 0.2) is 18.5 Å². The van der Waals surface area contributed by atoms with E-state index in [2.05, 4.69) is 15.5 Å². The first-order valence-corrected chi connectivity index (χ1v) is 4.57. The van der Waals surface area contributed by atoms with Gasteiger partial charge in [0.15, 0.2) is 0 Å². The van der Waals surface area contributed by atoms with Gasteiger partial charge in [-0.3, -0.25) is 0 Å². The molecule has 2 aromatic rings. The van der Waals surface area contributed by atoms with Crippen LogP contribution in [-0.2, 0) is 0 Å². The highest BCUT2D eigenvalue weighted by Crippen LogP contribution is 2.23. The van der Waals surface area contributed by atoms with Crippen LogP contribution in [0.1, 0.15) is 11.1 Å². The number of hydrogen-bond acceptors (Lipinski definition) is 3. The molecule has 0 spiro atoms. The van der Waals surface area contributed by atoms with Crippen molar-refractivity contribution in [1.29, 1.82) is 0 Å². The number of halogens is 1. The van der Waals surface area contributed by atoms with Crippen molar-refractivity contribution in [3.8, 4) is 5.69 Å². The fourth-order valence-electron chi connectivity index (χ4n) is 1.29. The minimum Gasteiger partial charge on any atom is -0.200 e. The zero-order chi connectivity index (χ0) is 10.1. The first kappa shape index (κ1) is 9.15. The SMILES string of the molecule is Cc1c(Cl)ccc(-n2cnnn2)c1C. The van der Waals surface area contributed by atoms with Gasteiger partial charge >= 0.3 is 0 Å². The molecule has 5 heteroatoms. The van der Waals surface area contributed by atoms with Crippen LogP contribution in [-0.4, -0.2) is 20.2 Å². The molecule has 4 nitrogen and oxygen atoms in total. The van der Waals surface area contributed by atoms with Crippen molar-refractivity contribution >= 4 is 11.6 Å². The Morgan fingerprint density at radius 2 is 2.00 bits per heavy atom. The Balaban J connectivity index is 2.61. The van der Waals surface area contributed by atoms with E-state index >= 15 is 0 Å². The van der Waals surface area contributed by atoms with Crippen molar-refractivity contribution in [2.75, 3.05) is 0 Å². The Morgan fingerprint density at radius 1 is 1.21 bits per heavy atom. The maximum atomic E-state index is 5.99. The van der Waals surface area contributed by atoms with Crippen molar-refractivity contribution in [3.63, 3.8) is 0 Å². The van der Waals surface area contributed by atoms with Gasteiger partial charge in [0.1, 0.15) is 6.33 Å². The van der Waals surface area contributed by atoms with Crippen LogP contribution in [0, 0.1) is 13.8 Å². The smallest absolute Gasteiger partial charge is 0.143 e. The number of nitrogens with zero attached hydrogens (tertiary/aromatic N) is 4. The Labute approximate surface area is 86.5 Å². The predicted molar refractivity (Wildman–Crippen MR) is 53.6 cm³/mol. The van der Waals surface area contributed by atoms with Crippen LogP contribution in [0.4, 0.5) is 0 Å². The molecule has 14 heavy (non-hydrogen) atoms. The molecule has 0 radical (unpaired) electrons. The molecule has 0 amide bonds. The summed E-state index contributed by atoms with van der Waals surface area (Å²) in [6.45, 7) is 3.98. The zero-order valence-electron chi connectivity index (χ0n) is 7.90. The maximum Gasteiger partial charge on any atom is 0.143 e. The highest BCUT2D eigenvalue weighted by atomic mass is 35.5. The summed E-state index contributed by atoms with van der Waals surface area (Å²) in [4.78, 5) is 0. The molecule has 1 aromatic heterocycles. The molecule has 0 fully saturated rings. The molecule has 0 aliphatic carbocycles. The van der Waals surface area contributed by atoms with E-state index in [1.54, 1.807) is 11.0 Å². The summed E-state index contributed by atoms with van der Waals surface area (Å²) in [6.07, 6.45) is 1.57. The molecule has 0 atom stereocenters. The second kappa shape index (κ2) is 3.38. The van der Waals surface area contributed by atoms with E-state index in [0.717, 1.165) is 21.8 Å². The average molecular weight is 209 g/mol. The van der Waals surface area contributed by atoms with E-state index in [0.29, 0.717) is 0 Å². The van der Waals surface area contributed by atoms with Crippen LogP contribution >= 0.6 is 11.6 Å². The van der Waals surface area contributed by atoms with Crippen LogP contribution in [0.2, 0.25) is 5.02 Å². The molecule has 0 saturated carbocycles. The van der Waals surface area contributed by atoms with Crippen molar-refractivity contribution < 1.29 is 0 Å². The average Bonchev–Trinajstić information content (AvgIpc) is 2.67. The monoisotopic (exact) mass is 208 g/mol. The lowest BCUT2D eigenvalue weighted by atomic mass is 10.1. The number of benzene rings is 1. The van der Waals surface area contributed by atoms with Gasteiger partial charge in [0.2, 0.25) is 0 Å². The summed E-state index contributed by atoms with van der Waals surface area (Å²) in [5, 5.41) is 11.8. The summed E-state index contributed by atoms with van der Waals surface area (Å²) in [6, 6.07) is 3.75. The van der Waals surface area contributed by atoms with E-state index in [9.17, 15) is 0 Å². The standard InChI is InChI=1S/C9H9ClN4/c1-6-7(2)9(4-3-8(6)10)14-5-11-12-13-14/h3-5H,1-2H3. The minimum atomic E-state index is 0.763. The lowest BCUT2D eigenvalue weighted by molar-refractivity contribution is 0.784. The van der Waals surface area contributed by atoms with Crippen LogP contribution < -0.4 is 0 Å². The topological polar surface area (TPSA) is 43.6 Å². The molecule has 0 unspecified atom stereocenters. The van der Waals surface area contributed by atoms with Gasteiger partial charge in [-0.1, -0.05) is 11.6 Å². The molecule has 0 aliphatic rings. The molecule has 72 valence electrons. The van der Waals surface area contributed by atoms with E-state index in [4.69, 9.17) is 11.6 Å². The molecule has 1 heterocycles. The fraction of sp³-hybridized carbons (Fsp3) is 0.222. The molecule has 0 aliphatic heterocycles. The van der Waals surface area contributed by atoms with E-state index in [-0.39, 0.29) is 0 Å². The molecular formula is C9H9ClN4. The van der Waals surface area contributed by atoms with Gasteiger partial charge in [-0.05, 0) is 47.5 Å². The number of aromatic nitrogens is 4. The summed E-state index contributed by atoms with van der Waals surface area (Å²) in [5.74, 6) is 0. The third-order valence-corrected chi connectivity index (χ3v) is 2.70. The second-order valence-corrected chi connectivity index (χ2v) is 3.48. The molecule has 2 rings (SSSR count). The normalized spacial score (nSPS) is 10.5. The van der Waals surface area contributed by atoms with Gasteiger partial charge in [-0.2, -0.15) is 0 Å². The Kier molecular flexibility index (Phi) is 2.21. The van der Waals surface area contributed by atoms with Crippen molar-refractivity contribution in [1.82, 2.24) is 20.2 Å². The van der Waals surface area contributed by atoms with E-state index in [1.165, 1.54) is 0 Å². The van der Waals surface area contributed by atoms with E-state index in [1.807, 2.05) is 26.0 Å². The maximum absolute atomic E-state index is 5.99. The van der Waals surface area contributed by atoms with Gasteiger partial charge in [0.25, 0.3) is 0 Å². The van der Waals surface area contributed by atoms with Crippen molar-refractivity contribution in [2.45, 2.75) is 13.8 Å². The first-order chi connectivity index (χ1) is 6.70. The van der Waals surface area contributed by atoms with Crippen LogP contribution in [0.5, 0.6) is 0 Å². The summed E-state index contributed by atoms with van der Waals surface area (Å²) in [7, 11) is 0. The molecule has 0 saturated heterocycles. The highest BCUT2D eigenvalue weighted by molar-refractivity contribution is 6.31. The largest absolute Gasteiger partial charge is 0.200 e. The molecule has 0 bridgehead atoms. The lowest BCUT2D eigenvalue weighted by Crippen LogP contribution is -1.99. The van der Waals surface area contributed by atoms with Crippen molar-refractivity contribution in [3.05, 3.63) is 34.6 Å². The summed E-state index contributed by atoms with van der Waals surface area (Å²) < 4.78 is 1.62. The van der Waals surface area contributed by atoms with Gasteiger partial charge in [0, 0.05) is 5.02 Å². The number of hydrogen-bond donors (Lipinski definition) is 0. The molecular weight excluding hydrogens is 200 g/mol. The van der Waals surface area contributed by atoms with Crippen LogP contribution in [0.25, 0.3) is 5.69 Å². The Hall–Kier alpha value is -1.42. The van der Waals surface area contributed by atoms with E-state index < -0.39 is 0 Å². The van der Waals surface area contributed by atoms with Gasteiger partial charge in [-0.15, -0.1) is 5.10 Å². The quantitative estimate of drug-likeness (QED) is 0.719. The van der Waals surface area contributed by atoms with Crippen LogP contribution in [0.3, 0.4) is 0 Å². The summed E-state index contributed by atoms with van der Waals surface area (Å²) in [5.41, 5.74) is 3.10. The zero-order valence-corrected chi connectivity index (χ0v) is 8.65. The first-order valence-electron chi connectivity index (χ1n) is 4.19. The minimum absolute atomic E-state index is 0.763. The predicted octanol–water partition coefficient (Wildman–Crippen LogP) is 1.93. The number of tetrazole rings is 1. The lowest BCUT2D eigenvalue weighted by Gasteiger charge is -2.08. The Morgan fingerprint density at radius 3 is 2.64 bits per heavy atom. The van der Waals surface area contributed by atoms with Gasteiger partial charge in [-0.25, -0.2) is 4.68 Å². The Bertz CT molecular complexity index is 450. The fourth-order valence-corrected chi connectivity index (χ4v) is 1.50. The molecule has 1 aromatic carbocycles. The van der Waals surface area contributed by atoms with Crippen molar-refractivity contribution in [2.24, 2.45) is 0 Å². The van der Waals surface area contributed by atoms with Gasteiger partial charge < -0.3 is 0 Å². The third-order valence-electron chi connectivity index (χ3n) is 2.29. The highest BCUT2D eigenvalue weighted by Gasteiger charge is 2.06.